The minimum Gasteiger partial charge on any atom is -0.350 e. The topological polar surface area (TPSA) is 80.9 Å². The molecular formula is C14H24N4O. The van der Waals surface area contributed by atoms with E-state index in [1.807, 2.05) is 13.0 Å². The number of aryl methyl sites for hydroxylation is 1. The Morgan fingerprint density at radius 1 is 1.42 bits per heavy atom. The Bertz CT molecular complexity index is 418. The summed E-state index contributed by atoms with van der Waals surface area (Å²) in [5.74, 6) is 0.775. The predicted octanol–water partition coefficient (Wildman–Crippen LogP) is 1.56. The zero-order chi connectivity index (χ0) is 14.3. The molecule has 1 amide bonds. The third-order valence-electron chi connectivity index (χ3n) is 3.15. The fourth-order valence-electron chi connectivity index (χ4n) is 1.85. The van der Waals surface area contributed by atoms with Crippen molar-refractivity contribution in [1.29, 1.82) is 0 Å². The number of rotatable bonds is 7. The van der Waals surface area contributed by atoms with Gasteiger partial charge in [-0.2, -0.15) is 0 Å². The SMILES string of the molecule is Cc1nccc(CNC(=O)CCC(C)(C)CCN)n1. The average molecular weight is 264 g/mol. The Balaban J connectivity index is 2.32. The van der Waals surface area contributed by atoms with Gasteiger partial charge in [-0.3, -0.25) is 4.79 Å². The second-order valence-corrected chi connectivity index (χ2v) is 5.57. The molecule has 0 unspecified atom stereocenters. The lowest BCUT2D eigenvalue weighted by Crippen LogP contribution is -2.26. The van der Waals surface area contributed by atoms with E-state index in [1.54, 1.807) is 6.20 Å². The summed E-state index contributed by atoms with van der Waals surface area (Å²) in [6.45, 7) is 7.23. The van der Waals surface area contributed by atoms with Crippen LogP contribution in [0.15, 0.2) is 12.3 Å². The Morgan fingerprint density at radius 3 is 2.79 bits per heavy atom. The summed E-state index contributed by atoms with van der Waals surface area (Å²) in [7, 11) is 0. The molecule has 1 rings (SSSR count). The van der Waals surface area contributed by atoms with Crippen molar-refractivity contribution in [2.24, 2.45) is 11.1 Å². The van der Waals surface area contributed by atoms with Crippen molar-refractivity contribution in [1.82, 2.24) is 15.3 Å². The maximum atomic E-state index is 11.8. The molecule has 0 aromatic carbocycles. The van der Waals surface area contributed by atoms with Crippen LogP contribution in [-0.2, 0) is 11.3 Å². The summed E-state index contributed by atoms with van der Waals surface area (Å²) in [6.07, 6.45) is 4.01. The number of nitrogens with zero attached hydrogens (tertiary/aromatic N) is 2. The van der Waals surface area contributed by atoms with Gasteiger partial charge in [-0.15, -0.1) is 0 Å². The molecule has 0 spiro atoms. The molecule has 0 aliphatic rings. The van der Waals surface area contributed by atoms with Gasteiger partial charge in [0, 0.05) is 12.6 Å². The molecule has 0 saturated carbocycles. The van der Waals surface area contributed by atoms with Gasteiger partial charge in [-0.1, -0.05) is 13.8 Å². The second kappa shape index (κ2) is 7.19. The molecule has 1 heterocycles. The molecule has 0 aliphatic heterocycles. The zero-order valence-electron chi connectivity index (χ0n) is 12.1. The van der Waals surface area contributed by atoms with Crippen molar-refractivity contribution in [2.45, 2.75) is 46.6 Å². The minimum absolute atomic E-state index is 0.0568. The Hall–Kier alpha value is -1.49. The van der Waals surface area contributed by atoms with Crippen LogP contribution >= 0.6 is 0 Å². The molecule has 0 atom stereocenters. The van der Waals surface area contributed by atoms with E-state index in [4.69, 9.17) is 5.73 Å². The first-order chi connectivity index (χ1) is 8.93. The molecule has 0 radical (unpaired) electrons. The van der Waals surface area contributed by atoms with Crippen LogP contribution in [0, 0.1) is 12.3 Å². The number of carbonyl (C=O) groups excluding carboxylic acids is 1. The quantitative estimate of drug-likeness (QED) is 0.783. The maximum absolute atomic E-state index is 11.8. The number of carbonyl (C=O) groups is 1. The smallest absolute Gasteiger partial charge is 0.220 e. The van der Waals surface area contributed by atoms with Crippen LogP contribution in [0.2, 0.25) is 0 Å². The van der Waals surface area contributed by atoms with Crippen LogP contribution in [0.1, 0.15) is 44.6 Å². The lowest BCUT2D eigenvalue weighted by Gasteiger charge is -2.23. The Labute approximate surface area is 115 Å². The summed E-state index contributed by atoms with van der Waals surface area (Å²) in [6, 6.07) is 1.81. The van der Waals surface area contributed by atoms with Gasteiger partial charge >= 0.3 is 0 Å². The standard InChI is InChI=1S/C14H24N4O/c1-11-16-9-5-12(18-11)10-17-13(19)4-6-14(2,3)7-8-15/h5,9H,4,6-8,10,15H2,1-3H3,(H,17,19). The molecule has 5 nitrogen and oxygen atoms in total. The molecule has 19 heavy (non-hydrogen) atoms. The van der Waals surface area contributed by atoms with Gasteiger partial charge in [0.2, 0.25) is 5.91 Å². The number of amides is 1. The van der Waals surface area contributed by atoms with E-state index in [9.17, 15) is 4.79 Å². The number of aromatic nitrogens is 2. The largest absolute Gasteiger partial charge is 0.350 e. The van der Waals surface area contributed by atoms with Gasteiger partial charge in [0.1, 0.15) is 5.82 Å². The Kier molecular flexibility index (Phi) is 5.89. The first kappa shape index (κ1) is 15.6. The van der Waals surface area contributed by atoms with Crippen molar-refractivity contribution in [2.75, 3.05) is 6.54 Å². The van der Waals surface area contributed by atoms with Crippen LogP contribution in [0.4, 0.5) is 0 Å². The average Bonchev–Trinajstić information content (AvgIpc) is 2.34. The fourth-order valence-corrected chi connectivity index (χ4v) is 1.85. The van der Waals surface area contributed by atoms with Gasteiger partial charge in [-0.05, 0) is 37.8 Å². The van der Waals surface area contributed by atoms with Crippen LogP contribution < -0.4 is 11.1 Å². The summed E-state index contributed by atoms with van der Waals surface area (Å²) < 4.78 is 0. The van der Waals surface area contributed by atoms with Crippen molar-refractivity contribution in [3.8, 4) is 0 Å². The van der Waals surface area contributed by atoms with Crippen molar-refractivity contribution >= 4 is 5.91 Å². The van der Waals surface area contributed by atoms with Crippen LogP contribution in [0.5, 0.6) is 0 Å². The zero-order valence-corrected chi connectivity index (χ0v) is 12.1. The molecule has 0 aliphatic carbocycles. The number of nitrogens with two attached hydrogens (primary N) is 1. The lowest BCUT2D eigenvalue weighted by molar-refractivity contribution is -0.121. The van der Waals surface area contributed by atoms with Crippen molar-refractivity contribution in [3.63, 3.8) is 0 Å². The molecule has 1 aromatic rings. The van der Waals surface area contributed by atoms with Gasteiger partial charge in [-0.25, -0.2) is 9.97 Å². The summed E-state index contributed by atoms with van der Waals surface area (Å²) >= 11 is 0. The minimum atomic E-state index is 0.0568. The molecule has 3 N–H and O–H groups in total. The van der Waals surface area contributed by atoms with Crippen LogP contribution in [-0.4, -0.2) is 22.4 Å². The monoisotopic (exact) mass is 264 g/mol. The number of hydrogen-bond donors (Lipinski definition) is 2. The number of nitrogens with one attached hydrogen (secondary N) is 1. The first-order valence-corrected chi connectivity index (χ1v) is 6.68. The van der Waals surface area contributed by atoms with E-state index in [-0.39, 0.29) is 11.3 Å². The van der Waals surface area contributed by atoms with E-state index in [2.05, 4.69) is 29.1 Å². The van der Waals surface area contributed by atoms with E-state index in [0.29, 0.717) is 19.5 Å². The van der Waals surface area contributed by atoms with Crippen molar-refractivity contribution in [3.05, 3.63) is 23.8 Å². The molecule has 5 heteroatoms. The highest BCUT2D eigenvalue weighted by molar-refractivity contribution is 5.75. The highest BCUT2D eigenvalue weighted by Crippen LogP contribution is 2.25. The van der Waals surface area contributed by atoms with Crippen molar-refractivity contribution < 1.29 is 4.79 Å². The predicted molar refractivity (Wildman–Crippen MR) is 75.3 cm³/mol. The van der Waals surface area contributed by atoms with Gasteiger partial charge in [0.15, 0.2) is 0 Å². The van der Waals surface area contributed by atoms with E-state index < -0.39 is 0 Å². The van der Waals surface area contributed by atoms with E-state index in [1.165, 1.54) is 0 Å². The summed E-state index contributed by atoms with van der Waals surface area (Å²) in [4.78, 5) is 20.0. The van der Waals surface area contributed by atoms with Gasteiger partial charge in [0.05, 0.1) is 12.2 Å². The molecule has 0 saturated heterocycles. The highest BCUT2D eigenvalue weighted by Gasteiger charge is 2.18. The van der Waals surface area contributed by atoms with Gasteiger partial charge < -0.3 is 11.1 Å². The van der Waals surface area contributed by atoms with Crippen LogP contribution in [0.25, 0.3) is 0 Å². The summed E-state index contributed by atoms with van der Waals surface area (Å²) in [5, 5.41) is 2.88. The molecule has 0 fully saturated rings. The number of hydrogen-bond acceptors (Lipinski definition) is 4. The lowest BCUT2D eigenvalue weighted by atomic mass is 9.84. The maximum Gasteiger partial charge on any atom is 0.220 e. The third kappa shape index (κ3) is 6.29. The second-order valence-electron chi connectivity index (χ2n) is 5.57. The molecule has 0 bridgehead atoms. The third-order valence-corrected chi connectivity index (χ3v) is 3.15. The molecular weight excluding hydrogens is 240 g/mol. The van der Waals surface area contributed by atoms with E-state index >= 15 is 0 Å². The van der Waals surface area contributed by atoms with Crippen LogP contribution in [0.3, 0.4) is 0 Å². The fraction of sp³-hybridized carbons (Fsp3) is 0.643. The Morgan fingerprint density at radius 2 is 2.16 bits per heavy atom. The van der Waals surface area contributed by atoms with Gasteiger partial charge in [0.25, 0.3) is 0 Å². The first-order valence-electron chi connectivity index (χ1n) is 6.68. The van der Waals surface area contributed by atoms with E-state index in [0.717, 1.165) is 24.4 Å². The summed E-state index contributed by atoms with van der Waals surface area (Å²) in [5.41, 5.74) is 6.51. The highest BCUT2D eigenvalue weighted by atomic mass is 16.1. The molecule has 106 valence electrons. The normalized spacial score (nSPS) is 11.4. The molecule has 1 aromatic heterocycles.